The minimum Gasteiger partial charge on any atom is -0.394 e. The largest absolute Gasteiger partial charge is 0.394 e. The maximum atomic E-state index is 11.9. The maximum absolute atomic E-state index is 11.9. The topological polar surface area (TPSA) is 149 Å². The van der Waals surface area contributed by atoms with Gasteiger partial charge in [-0.2, -0.15) is 0 Å². The summed E-state index contributed by atoms with van der Waals surface area (Å²) in [4.78, 5) is 11.9. The fraction of sp³-hybridized carbons (Fsp3) is 0.824. The summed E-state index contributed by atoms with van der Waals surface area (Å²) >= 11 is 0. The highest BCUT2D eigenvalue weighted by Gasteiger charge is 2.44. The third-order valence-corrected chi connectivity index (χ3v) is 4.19. The van der Waals surface area contributed by atoms with Gasteiger partial charge in [-0.1, -0.05) is 25.5 Å². The van der Waals surface area contributed by atoms with Gasteiger partial charge in [0.25, 0.3) is 0 Å². The van der Waals surface area contributed by atoms with Crippen molar-refractivity contribution >= 4 is 5.91 Å². The number of nitrogens with one attached hydrogen (secondary N) is 1. The average molecular weight is 377 g/mol. The summed E-state index contributed by atoms with van der Waals surface area (Å²) in [5, 5.41) is 51.5. The van der Waals surface area contributed by atoms with Crippen LogP contribution in [0.25, 0.3) is 0 Å². The number of hydrogen-bond acceptors (Lipinski definition) is 8. The molecule has 0 saturated carbocycles. The monoisotopic (exact) mass is 377 g/mol. The summed E-state index contributed by atoms with van der Waals surface area (Å²) in [7, 11) is 0. The molecule has 0 aromatic carbocycles. The van der Waals surface area contributed by atoms with Gasteiger partial charge in [0.15, 0.2) is 6.29 Å². The van der Waals surface area contributed by atoms with Gasteiger partial charge in [0.2, 0.25) is 5.91 Å². The standard InChI is InChI=1S/C17H31NO8/c1-3-5-7-13(21)18-10(11(20)6-4-2)9-25-17-16(24)15(23)14(22)12(8-19)26-17/h4,6,10-12,14-17,19-20,22-24H,3,5,7-9H2,1-2H3,(H,18,21)/b6-4+/t10?,11?,12?,14-,15+,16?,17-/m1/s1. The Morgan fingerprint density at radius 3 is 2.54 bits per heavy atom. The van der Waals surface area contributed by atoms with Crippen molar-refractivity contribution in [1.82, 2.24) is 5.32 Å². The number of carbonyl (C=O) groups excluding carboxylic acids is 1. The summed E-state index contributed by atoms with van der Waals surface area (Å²) in [6.07, 6.45) is -2.99. The van der Waals surface area contributed by atoms with Crippen LogP contribution >= 0.6 is 0 Å². The normalized spacial score (nSPS) is 31.7. The Morgan fingerprint density at radius 1 is 1.27 bits per heavy atom. The number of allylic oxidation sites excluding steroid dienone is 1. The molecule has 1 amide bonds. The number of aliphatic hydroxyl groups is 5. The Balaban J connectivity index is 2.70. The van der Waals surface area contributed by atoms with E-state index in [0.717, 1.165) is 6.42 Å². The predicted octanol–water partition coefficient (Wildman–Crippen LogP) is -1.59. The first-order valence-corrected chi connectivity index (χ1v) is 8.88. The van der Waals surface area contributed by atoms with Gasteiger partial charge in [-0.25, -0.2) is 0 Å². The first-order chi connectivity index (χ1) is 12.3. The first kappa shape index (κ1) is 23.0. The molecule has 1 heterocycles. The third kappa shape index (κ3) is 6.58. The van der Waals surface area contributed by atoms with Crippen LogP contribution < -0.4 is 5.32 Å². The van der Waals surface area contributed by atoms with Gasteiger partial charge in [0.1, 0.15) is 24.4 Å². The van der Waals surface area contributed by atoms with Gasteiger partial charge in [-0.3, -0.25) is 4.79 Å². The van der Waals surface area contributed by atoms with Crippen molar-refractivity contribution in [3.63, 3.8) is 0 Å². The molecule has 9 heteroatoms. The number of rotatable bonds is 10. The summed E-state index contributed by atoms with van der Waals surface area (Å²) in [6, 6.07) is -0.789. The van der Waals surface area contributed by atoms with E-state index < -0.39 is 49.5 Å². The Hall–Kier alpha value is -1.07. The zero-order chi connectivity index (χ0) is 19.7. The van der Waals surface area contributed by atoms with E-state index in [0.29, 0.717) is 12.8 Å². The van der Waals surface area contributed by atoms with Crippen molar-refractivity contribution in [2.75, 3.05) is 13.2 Å². The highest BCUT2D eigenvalue weighted by atomic mass is 16.7. The summed E-state index contributed by atoms with van der Waals surface area (Å²) in [6.45, 7) is 2.91. The number of aliphatic hydroxyl groups excluding tert-OH is 5. The average Bonchev–Trinajstić information content (AvgIpc) is 2.62. The van der Waals surface area contributed by atoms with Crippen LogP contribution in [0, 0.1) is 0 Å². The lowest BCUT2D eigenvalue weighted by Crippen LogP contribution is -2.60. The second-order valence-corrected chi connectivity index (χ2v) is 6.32. The number of unbranched alkanes of at least 4 members (excludes halogenated alkanes) is 1. The van der Waals surface area contributed by atoms with E-state index in [2.05, 4.69) is 5.32 Å². The highest BCUT2D eigenvalue weighted by Crippen LogP contribution is 2.22. The first-order valence-electron chi connectivity index (χ1n) is 8.88. The molecular formula is C17H31NO8. The highest BCUT2D eigenvalue weighted by molar-refractivity contribution is 5.76. The molecule has 0 aromatic rings. The lowest BCUT2D eigenvalue weighted by Gasteiger charge is -2.40. The van der Waals surface area contributed by atoms with Crippen molar-refractivity contribution in [3.05, 3.63) is 12.2 Å². The molecule has 4 unspecified atom stereocenters. The zero-order valence-corrected chi connectivity index (χ0v) is 15.2. The van der Waals surface area contributed by atoms with Gasteiger partial charge in [0.05, 0.1) is 25.4 Å². The third-order valence-electron chi connectivity index (χ3n) is 4.19. The molecule has 1 aliphatic heterocycles. The van der Waals surface area contributed by atoms with Crippen LogP contribution in [0.3, 0.4) is 0 Å². The van der Waals surface area contributed by atoms with E-state index >= 15 is 0 Å². The second-order valence-electron chi connectivity index (χ2n) is 6.32. The molecule has 0 aromatic heterocycles. The van der Waals surface area contributed by atoms with Crippen LogP contribution in [-0.2, 0) is 14.3 Å². The molecule has 1 rings (SSSR count). The fourth-order valence-corrected chi connectivity index (χ4v) is 2.58. The molecule has 0 radical (unpaired) electrons. The van der Waals surface area contributed by atoms with Gasteiger partial charge in [-0.05, 0) is 13.3 Å². The Labute approximate surface area is 153 Å². The SMILES string of the molecule is C/C=C/C(O)C(CO[C@@H]1OC(CO)[C@@H](O)[C@H](O)C1O)NC(=O)CCCC. The van der Waals surface area contributed by atoms with E-state index in [4.69, 9.17) is 9.47 Å². The van der Waals surface area contributed by atoms with E-state index in [-0.39, 0.29) is 12.5 Å². The number of carbonyl (C=O) groups is 1. The molecule has 1 fully saturated rings. The molecular weight excluding hydrogens is 346 g/mol. The smallest absolute Gasteiger partial charge is 0.220 e. The minimum absolute atomic E-state index is 0.202. The van der Waals surface area contributed by atoms with Crippen LogP contribution in [-0.4, -0.2) is 87.5 Å². The van der Waals surface area contributed by atoms with Crippen LogP contribution in [0.1, 0.15) is 33.1 Å². The molecule has 0 bridgehead atoms. The van der Waals surface area contributed by atoms with Crippen LogP contribution in [0.2, 0.25) is 0 Å². The quantitative estimate of drug-likeness (QED) is 0.250. The minimum atomic E-state index is -1.55. The van der Waals surface area contributed by atoms with Crippen molar-refractivity contribution in [3.8, 4) is 0 Å². The molecule has 9 nitrogen and oxygen atoms in total. The zero-order valence-electron chi connectivity index (χ0n) is 15.2. The number of amides is 1. The van der Waals surface area contributed by atoms with Crippen molar-refractivity contribution in [2.45, 2.75) is 76.0 Å². The van der Waals surface area contributed by atoms with E-state index in [1.165, 1.54) is 6.08 Å². The molecule has 0 aliphatic carbocycles. The van der Waals surface area contributed by atoms with Crippen molar-refractivity contribution < 1.29 is 39.8 Å². The van der Waals surface area contributed by atoms with Crippen LogP contribution in [0.5, 0.6) is 0 Å². The Bertz CT molecular complexity index is 444. The molecule has 26 heavy (non-hydrogen) atoms. The molecule has 6 N–H and O–H groups in total. The maximum Gasteiger partial charge on any atom is 0.220 e. The second kappa shape index (κ2) is 11.6. The van der Waals surface area contributed by atoms with Crippen molar-refractivity contribution in [1.29, 1.82) is 0 Å². The van der Waals surface area contributed by atoms with Gasteiger partial charge in [0, 0.05) is 6.42 Å². The molecule has 0 spiro atoms. The molecule has 7 atom stereocenters. The van der Waals surface area contributed by atoms with E-state index in [9.17, 15) is 30.3 Å². The van der Waals surface area contributed by atoms with E-state index in [1.54, 1.807) is 13.0 Å². The molecule has 1 saturated heterocycles. The van der Waals surface area contributed by atoms with E-state index in [1.807, 2.05) is 6.92 Å². The predicted molar refractivity (Wildman–Crippen MR) is 92.0 cm³/mol. The van der Waals surface area contributed by atoms with Crippen LogP contribution in [0.15, 0.2) is 12.2 Å². The summed E-state index contributed by atoms with van der Waals surface area (Å²) in [5.41, 5.74) is 0. The lowest BCUT2D eigenvalue weighted by molar-refractivity contribution is -0.302. The van der Waals surface area contributed by atoms with Crippen molar-refractivity contribution in [2.24, 2.45) is 0 Å². The Morgan fingerprint density at radius 2 is 1.96 bits per heavy atom. The molecule has 152 valence electrons. The summed E-state index contributed by atoms with van der Waals surface area (Å²) in [5.74, 6) is -0.238. The van der Waals surface area contributed by atoms with Gasteiger partial charge < -0.3 is 40.3 Å². The Kier molecular flexibility index (Phi) is 10.3. The van der Waals surface area contributed by atoms with Gasteiger partial charge >= 0.3 is 0 Å². The number of ether oxygens (including phenoxy) is 2. The van der Waals surface area contributed by atoms with Gasteiger partial charge in [-0.15, -0.1) is 0 Å². The number of hydrogen-bond donors (Lipinski definition) is 6. The fourth-order valence-electron chi connectivity index (χ4n) is 2.58. The van der Waals surface area contributed by atoms with Crippen LogP contribution in [0.4, 0.5) is 0 Å². The summed E-state index contributed by atoms with van der Waals surface area (Å²) < 4.78 is 10.7. The molecule has 1 aliphatic rings. The lowest BCUT2D eigenvalue weighted by atomic mass is 9.99.